The van der Waals surface area contributed by atoms with Crippen LogP contribution in [0.2, 0.25) is 0 Å². The summed E-state index contributed by atoms with van der Waals surface area (Å²) in [6, 6.07) is 17.7. The number of carbonyl (C=O) groups excluding carboxylic acids is 1. The second kappa shape index (κ2) is 9.03. The molecule has 0 spiro atoms. The average molecular weight is 363 g/mol. The lowest BCUT2D eigenvalue weighted by Crippen LogP contribution is -2.26. The van der Waals surface area contributed by atoms with E-state index in [1.165, 1.54) is 5.56 Å². The summed E-state index contributed by atoms with van der Waals surface area (Å²) < 4.78 is 7.04. The highest BCUT2D eigenvalue weighted by Gasteiger charge is 2.07. The van der Waals surface area contributed by atoms with Crippen molar-refractivity contribution in [2.75, 3.05) is 13.7 Å². The Morgan fingerprint density at radius 3 is 2.56 bits per heavy atom. The van der Waals surface area contributed by atoms with E-state index in [0.717, 1.165) is 35.5 Å². The highest BCUT2D eigenvalue weighted by Crippen LogP contribution is 2.14. The fourth-order valence-electron chi connectivity index (χ4n) is 2.95. The van der Waals surface area contributed by atoms with Crippen LogP contribution in [0.4, 0.5) is 0 Å². The van der Waals surface area contributed by atoms with Crippen LogP contribution in [0.25, 0.3) is 5.69 Å². The number of carbonyl (C=O) groups is 1. The van der Waals surface area contributed by atoms with Crippen LogP contribution in [-0.4, -0.2) is 29.3 Å². The summed E-state index contributed by atoms with van der Waals surface area (Å²) in [5.41, 5.74) is 4.28. The van der Waals surface area contributed by atoms with Crippen molar-refractivity contribution >= 4 is 5.91 Å². The van der Waals surface area contributed by atoms with Gasteiger partial charge in [0, 0.05) is 12.7 Å². The van der Waals surface area contributed by atoms with Crippen molar-refractivity contribution in [1.29, 1.82) is 0 Å². The number of hydrogen-bond donors (Lipinski definition) is 1. The molecule has 0 aliphatic heterocycles. The zero-order chi connectivity index (χ0) is 19.1. The smallest absolute Gasteiger partial charge is 0.224 e. The first-order valence-electron chi connectivity index (χ1n) is 9.16. The van der Waals surface area contributed by atoms with Gasteiger partial charge in [-0.1, -0.05) is 30.3 Å². The van der Waals surface area contributed by atoms with Crippen molar-refractivity contribution in [3.63, 3.8) is 0 Å². The summed E-state index contributed by atoms with van der Waals surface area (Å²) in [6.45, 7) is 2.68. The SMILES string of the molecule is COc1ccc(CC(=O)NCCCc2cn(-c3ccccc3)nc2C)cc1. The number of para-hydroxylation sites is 1. The van der Waals surface area contributed by atoms with Gasteiger partial charge in [0.1, 0.15) is 5.75 Å². The molecule has 1 heterocycles. The lowest BCUT2D eigenvalue weighted by atomic mass is 10.1. The number of methoxy groups -OCH3 is 1. The second-order valence-corrected chi connectivity index (χ2v) is 6.50. The van der Waals surface area contributed by atoms with Gasteiger partial charge in [0.2, 0.25) is 5.91 Å². The van der Waals surface area contributed by atoms with E-state index in [4.69, 9.17) is 4.74 Å². The minimum atomic E-state index is 0.0388. The summed E-state index contributed by atoms with van der Waals surface area (Å²) >= 11 is 0. The van der Waals surface area contributed by atoms with E-state index in [0.29, 0.717) is 13.0 Å². The van der Waals surface area contributed by atoms with Gasteiger partial charge in [0.05, 0.1) is 24.9 Å². The lowest BCUT2D eigenvalue weighted by Gasteiger charge is -2.06. The number of ether oxygens (including phenoxy) is 1. The Labute approximate surface area is 160 Å². The van der Waals surface area contributed by atoms with Crippen LogP contribution in [0.5, 0.6) is 5.75 Å². The molecule has 27 heavy (non-hydrogen) atoms. The van der Waals surface area contributed by atoms with Crippen molar-refractivity contribution in [2.45, 2.75) is 26.2 Å². The Bertz CT molecular complexity index is 870. The standard InChI is InChI=1S/C22H25N3O2/c1-17-19(16-25(24-17)20-8-4-3-5-9-20)7-6-14-23-22(26)15-18-10-12-21(27-2)13-11-18/h3-5,8-13,16H,6-7,14-15H2,1-2H3,(H,23,26). The van der Waals surface area contributed by atoms with Gasteiger partial charge in [0.25, 0.3) is 0 Å². The molecule has 0 unspecified atom stereocenters. The molecule has 5 heteroatoms. The van der Waals surface area contributed by atoms with E-state index in [1.807, 2.05) is 66.2 Å². The van der Waals surface area contributed by atoms with Crippen molar-refractivity contribution < 1.29 is 9.53 Å². The van der Waals surface area contributed by atoms with Gasteiger partial charge >= 0.3 is 0 Å². The second-order valence-electron chi connectivity index (χ2n) is 6.50. The van der Waals surface area contributed by atoms with Crippen molar-refractivity contribution in [3.05, 3.63) is 77.6 Å². The lowest BCUT2D eigenvalue weighted by molar-refractivity contribution is -0.120. The third-order valence-electron chi connectivity index (χ3n) is 4.49. The molecule has 0 aliphatic carbocycles. The van der Waals surface area contributed by atoms with Gasteiger partial charge in [-0.3, -0.25) is 4.79 Å². The predicted molar refractivity (Wildman–Crippen MR) is 106 cm³/mol. The number of rotatable bonds is 8. The largest absolute Gasteiger partial charge is 0.497 e. The van der Waals surface area contributed by atoms with E-state index in [2.05, 4.69) is 16.6 Å². The zero-order valence-electron chi connectivity index (χ0n) is 15.8. The Morgan fingerprint density at radius 1 is 1.11 bits per heavy atom. The van der Waals surface area contributed by atoms with E-state index < -0.39 is 0 Å². The van der Waals surface area contributed by atoms with Crippen molar-refractivity contribution in [2.24, 2.45) is 0 Å². The molecule has 1 amide bonds. The number of nitrogens with one attached hydrogen (secondary N) is 1. The van der Waals surface area contributed by atoms with Gasteiger partial charge in [0.15, 0.2) is 0 Å². The minimum Gasteiger partial charge on any atom is -0.497 e. The molecule has 1 aromatic heterocycles. The van der Waals surface area contributed by atoms with Gasteiger partial charge in [-0.2, -0.15) is 5.10 Å². The number of hydrogen-bond acceptors (Lipinski definition) is 3. The molecule has 3 aromatic rings. The van der Waals surface area contributed by atoms with Crippen LogP contribution >= 0.6 is 0 Å². The Balaban J connectivity index is 1.44. The van der Waals surface area contributed by atoms with Crippen molar-refractivity contribution in [3.8, 4) is 11.4 Å². The molecular formula is C22H25N3O2. The maximum absolute atomic E-state index is 12.1. The minimum absolute atomic E-state index is 0.0388. The summed E-state index contributed by atoms with van der Waals surface area (Å²) in [6.07, 6.45) is 4.23. The molecule has 5 nitrogen and oxygen atoms in total. The first-order chi connectivity index (χ1) is 13.2. The average Bonchev–Trinajstić information content (AvgIpc) is 3.07. The van der Waals surface area contributed by atoms with Crippen LogP contribution in [-0.2, 0) is 17.6 Å². The Morgan fingerprint density at radius 2 is 1.85 bits per heavy atom. The van der Waals surface area contributed by atoms with E-state index in [-0.39, 0.29) is 5.91 Å². The molecule has 140 valence electrons. The number of benzene rings is 2. The van der Waals surface area contributed by atoms with Gasteiger partial charge in [-0.15, -0.1) is 0 Å². The summed E-state index contributed by atoms with van der Waals surface area (Å²) in [5.74, 6) is 0.836. The summed E-state index contributed by atoms with van der Waals surface area (Å²) in [4.78, 5) is 12.1. The third-order valence-corrected chi connectivity index (χ3v) is 4.49. The monoisotopic (exact) mass is 363 g/mol. The molecule has 0 saturated heterocycles. The van der Waals surface area contributed by atoms with E-state index in [1.54, 1.807) is 7.11 Å². The summed E-state index contributed by atoms with van der Waals surface area (Å²) in [5, 5.41) is 7.57. The fraction of sp³-hybridized carbons (Fsp3) is 0.273. The molecule has 0 atom stereocenters. The third kappa shape index (κ3) is 5.20. The quantitative estimate of drug-likeness (QED) is 0.624. The molecule has 1 N–H and O–H groups in total. The number of aryl methyl sites for hydroxylation is 2. The number of nitrogens with zero attached hydrogens (tertiary/aromatic N) is 2. The van der Waals surface area contributed by atoms with Gasteiger partial charge in [-0.25, -0.2) is 4.68 Å². The molecule has 0 aliphatic rings. The maximum atomic E-state index is 12.1. The molecule has 0 fully saturated rings. The van der Waals surface area contributed by atoms with Crippen LogP contribution in [0.1, 0.15) is 23.2 Å². The van der Waals surface area contributed by atoms with Crippen LogP contribution in [0.3, 0.4) is 0 Å². The molecule has 3 rings (SSSR count). The van der Waals surface area contributed by atoms with Crippen molar-refractivity contribution in [1.82, 2.24) is 15.1 Å². The molecule has 0 radical (unpaired) electrons. The van der Waals surface area contributed by atoms with E-state index in [9.17, 15) is 4.79 Å². The maximum Gasteiger partial charge on any atom is 0.224 e. The van der Waals surface area contributed by atoms with Crippen LogP contribution in [0, 0.1) is 6.92 Å². The Kier molecular flexibility index (Phi) is 6.26. The predicted octanol–water partition coefficient (Wildman–Crippen LogP) is 3.48. The van der Waals surface area contributed by atoms with Crippen LogP contribution < -0.4 is 10.1 Å². The van der Waals surface area contributed by atoms with Crippen LogP contribution in [0.15, 0.2) is 60.8 Å². The topological polar surface area (TPSA) is 56.1 Å². The van der Waals surface area contributed by atoms with Gasteiger partial charge in [-0.05, 0) is 55.2 Å². The van der Waals surface area contributed by atoms with Gasteiger partial charge < -0.3 is 10.1 Å². The molecule has 2 aromatic carbocycles. The normalized spacial score (nSPS) is 10.6. The first-order valence-corrected chi connectivity index (χ1v) is 9.16. The molecule has 0 bridgehead atoms. The zero-order valence-corrected chi connectivity index (χ0v) is 15.8. The first kappa shape index (κ1) is 18.7. The molecular weight excluding hydrogens is 338 g/mol. The molecule has 0 saturated carbocycles. The fourth-order valence-corrected chi connectivity index (χ4v) is 2.95. The number of aromatic nitrogens is 2. The summed E-state index contributed by atoms with van der Waals surface area (Å²) in [7, 11) is 1.63. The van der Waals surface area contributed by atoms with E-state index >= 15 is 0 Å². The highest BCUT2D eigenvalue weighted by molar-refractivity contribution is 5.78. The number of amides is 1. The highest BCUT2D eigenvalue weighted by atomic mass is 16.5. The Hall–Kier alpha value is -3.08.